The number of carbonyl (C=O) groups is 3. The molecule has 1 heterocycles. The number of hydrogen-bond donors (Lipinski definition) is 4. The van der Waals surface area contributed by atoms with Gasteiger partial charge in [-0.25, -0.2) is 9.18 Å². The van der Waals surface area contributed by atoms with Gasteiger partial charge in [0.25, 0.3) is 0 Å². The van der Waals surface area contributed by atoms with Gasteiger partial charge >= 0.3 is 6.09 Å². The molecule has 11 heteroatoms. The van der Waals surface area contributed by atoms with Gasteiger partial charge in [0.1, 0.15) is 12.8 Å². The summed E-state index contributed by atoms with van der Waals surface area (Å²) < 4.78 is 29.6. The number of primary amides is 1. The number of allylic oxidation sites excluding steroid dienone is 5. The van der Waals surface area contributed by atoms with Gasteiger partial charge in [0, 0.05) is 44.0 Å². The molecule has 5 N–H and O–H groups in total. The number of nitrogens with two attached hydrogens (primary N) is 1. The lowest BCUT2D eigenvalue weighted by atomic mass is 9.85. The first-order valence-electron chi connectivity index (χ1n) is 13.9. The summed E-state index contributed by atoms with van der Waals surface area (Å²) in [4.78, 5) is 38.4. The summed E-state index contributed by atoms with van der Waals surface area (Å²) in [5.74, 6) is -1.51. The van der Waals surface area contributed by atoms with E-state index in [9.17, 15) is 23.9 Å². The highest BCUT2D eigenvalue weighted by atomic mass is 19.1. The molecule has 0 aromatic heterocycles. The monoisotopic (exact) mass is 589 g/mol. The van der Waals surface area contributed by atoms with E-state index in [0.29, 0.717) is 23.3 Å². The number of ketones is 2. The molecule has 2 bridgehead atoms. The number of rotatable bonds is 6. The average molecular weight is 590 g/mol. The van der Waals surface area contributed by atoms with Crippen LogP contribution in [0.25, 0.3) is 0 Å². The highest BCUT2D eigenvalue weighted by molar-refractivity contribution is 6.22. The zero-order valence-electron chi connectivity index (χ0n) is 25.2. The topological polar surface area (TPSA) is 149 Å². The number of ether oxygens (including phenoxy) is 3. The Morgan fingerprint density at radius 3 is 2.52 bits per heavy atom. The van der Waals surface area contributed by atoms with E-state index < -0.39 is 54.7 Å². The Morgan fingerprint density at radius 2 is 1.93 bits per heavy atom. The van der Waals surface area contributed by atoms with Crippen LogP contribution in [0.4, 0.5) is 9.18 Å². The third kappa shape index (κ3) is 9.23. The molecule has 0 fully saturated rings. The largest absolute Gasteiger partial charge is 0.439 e. The summed E-state index contributed by atoms with van der Waals surface area (Å²) in [5.41, 5.74) is 7.34. The first kappa shape index (κ1) is 34.7. The molecule has 0 saturated heterocycles. The van der Waals surface area contributed by atoms with E-state index in [1.54, 1.807) is 45.1 Å². The smallest absolute Gasteiger partial charge is 0.405 e. The Hall–Kier alpha value is -3.54. The van der Waals surface area contributed by atoms with E-state index in [1.807, 2.05) is 6.92 Å². The van der Waals surface area contributed by atoms with Crippen LogP contribution < -0.4 is 16.4 Å². The highest BCUT2D eigenvalue weighted by Gasteiger charge is 2.33. The second-order valence-corrected chi connectivity index (χ2v) is 10.7. The van der Waals surface area contributed by atoms with Crippen molar-refractivity contribution in [2.45, 2.75) is 65.0 Å². The summed E-state index contributed by atoms with van der Waals surface area (Å²) in [6.45, 7) is 10.4. The van der Waals surface area contributed by atoms with Gasteiger partial charge < -0.3 is 35.7 Å². The lowest BCUT2D eigenvalue weighted by Crippen LogP contribution is -2.37. The van der Waals surface area contributed by atoms with Crippen molar-refractivity contribution in [3.63, 3.8) is 0 Å². The molecule has 2 aliphatic rings. The number of nitrogens with one attached hydrogen (secondary N) is 2. The number of halogens is 1. The van der Waals surface area contributed by atoms with Crippen LogP contribution in [0.1, 0.15) is 40.5 Å². The van der Waals surface area contributed by atoms with E-state index in [0.717, 1.165) is 0 Å². The molecule has 0 unspecified atom stereocenters. The summed E-state index contributed by atoms with van der Waals surface area (Å²) in [7, 11) is 2.95. The summed E-state index contributed by atoms with van der Waals surface area (Å²) in [6, 6.07) is 0. The lowest BCUT2D eigenvalue weighted by molar-refractivity contribution is -0.116. The number of aliphatic hydroxyl groups excluding tert-OH is 1. The minimum atomic E-state index is -0.976. The Kier molecular flexibility index (Phi) is 13.4. The molecule has 0 spiro atoms. The van der Waals surface area contributed by atoms with Crippen molar-refractivity contribution >= 4 is 17.7 Å². The minimum Gasteiger partial charge on any atom is -0.439 e. The fourth-order valence-electron chi connectivity index (χ4n) is 5.02. The van der Waals surface area contributed by atoms with Gasteiger partial charge in [-0.15, -0.1) is 0 Å². The summed E-state index contributed by atoms with van der Waals surface area (Å²) >= 11 is 0. The third-order valence-corrected chi connectivity index (χ3v) is 7.35. The number of aliphatic hydroxyl groups is 1. The number of Topliss-reactive ketones (excluding diaryl/α,β-unsaturated/α-hetero) is 1. The van der Waals surface area contributed by atoms with E-state index in [1.165, 1.54) is 20.3 Å². The Labute approximate surface area is 247 Å². The molecule has 232 valence electrons. The predicted molar refractivity (Wildman–Crippen MR) is 158 cm³/mol. The molecule has 0 saturated carbocycles. The zero-order valence-corrected chi connectivity index (χ0v) is 25.2. The first-order valence-corrected chi connectivity index (χ1v) is 13.9. The van der Waals surface area contributed by atoms with Gasteiger partial charge in [0.05, 0.1) is 23.6 Å². The standard InChI is InChI=1S/C31H44FN3O7/c1-17-13-22-27(34-12-11-32)24(36)16-23(29(22)38)35-21(5)18(2)9-8-10-25(40-6)30(42-31(33)39)20(4)15-19(3)28(37)26(14-17)41-7/h8-10,15-17,19,25-26,28,30,34-35,37H,5,11-14H2,1-4,6-7H3,(H2,33,39)/b10-8-,18-9+,20-15+/t17-,19+,25+,26+,28-,30+/m1/s1. The van der Waals surface area contributed by atoms with Crippen LogP contribution in [0.15, 0.2) is 70.8 Å². The Bertz CT molecular complexity index is 1190. The maximum Gasteiger partial charge on any atom is 0.405 e. The lowest BCUT2D eigenvalue weighted by Gasteiger charge is -2.30. The van der Waals surface area contributed by atoms with E-state index in [4.69, 9.17) is 19.9 Å². The number of methoxy groups -OCH3 is 2. The van der Waals surface area contributed by atoms with Crippen molar-refractivity contribution in [2.75, 3.05) is 27.4 Å². The first-order chi connectivity index (χ1) is 19.8. The van der Waals surface area contributed by atoms with Crippen molar-refractivity contribution in [2.24, 2.45) is 17.6 Å². The normalized spacial score (nSPS) is 31.7. The number of alkyl halides is 1. The number of amides is 1. The van der Waals surface area contributed by atoms with Gasteiger partial charge in [-0.1, -0.05) is 44.7 Å². The second kappa shape index (κ2) is 16.2. The van der Waals surface area contributed by atoms with Gasteiger partial charge in [0.2, 0.25) is 11.6 Å². The van der Waals surface area contributed by atoms with Crippen molar-refractivity contribution in [1.82, 2.24) is 10.6 Å². The quantitative estimate of drug-likeness (QED) is 0.270. The number of carbonyl (C=O) groups excluding carboxylic acids is 3. The van der Waals surface area contributed by atoms with Gasteiger partial charge in [0.15, 0.2) is 6.10 Å². The second-order valence-electron chi connectivity index (χ2n) is 10.7. The van der Waals surface area contributed by atoms with E-state index in [-0.39, 0.29) is 35.9 Å². The van der Waals surface area contributed by atoms with Crippen LogP contribution in [-0.2, 0) is 23.8 Å². The van der Waals surface area contributed by atoms with Crippen LogP contribution in [0, 0.1) is 11.8 Å². The van der Waals surface area contributed by atoms with Crippen molar-refractivity contribution in [3.05, 3.63) is 70.8 Å². The van der Waals surface area contributed by atoms with Crippen LogP contribution in [0.5, 0.6) is 0 Å². The van der Waals surface area contributed by atoms with Crippen LogP contribution in [-0.4, -0.2) is 74.6 Å². The molecular formula is C31H44FN3O7. The Morgan fingerprint density at radius 1 is 1.24 bits per heavy atom. The van der Waals surface area contributed by atoms with Gasteiger partial charge in [-0.3, -0.25) is 9.59 Å². The third-order valence-electron chi connectivity index (χ3n) is 7.35. The SMILES string of the molecule is C=C1NC2=CC(=O)C(NCCF)=C(C[C@@H](C)C[C@H](OC)[C@H](O)[C@@H](C)/C=C(\C)[C@H](OC(N)=O)[C@@H](OC)/C=C\C=C\1C)C2=O. The molecular weight excluding hydrogens is 545 g/mol. The molecule has 0 aromatic rings. The summed E-state index contributed by atoms with van der Waals surface area (Å²) in [5, 5.41) is 16.9. The molecule has 1 aliphatic heterocycles. The average Bonchev–Trinajstić information content (AvgIpc) is 2.94. The molecule has 1 amide bonds. The van der Waals surface area contributed by atoms with Crippen LogP contribution in [0.3, 0.4) is 0 Å². The van der Waals surface area contributed by atoms with Crippen molar-refractivity contribution in [3.8, 4) is 0 Å². The number of hydrogen-bond acceptors (Lipinski definition) is 9. The fraction of sp³-hybridized carbons (Fsp3) is 0.516. The molecule has 6 atom stereocenters. The van der Waals surface area contributed by atoms with Crippen LogP contribution >= 0.6 is 0 Å². The number of fused-ring (bicyclic) bond motifs is 2. The predicted octanol–water partition coefficient (Wildman–Crippen LogP) is 3.31. The van der Waals surface area contributed by atoms with Crippen molar-refractivity contribution < 1.29 is 38.1 Å². The van der Waals surface area contributed by atoms with Gasteiger partial charge in [-0.2, -0.15) is 0 Å². The maximum atomic E-state index is 13.6. The van der Waals surface area contributed by atoms with E-state index in [2.05, 4.69) is 17.2 Å². The summed E-state index contributed by atoms with van der Waals surface area (Å²) in [6.07, 6.45) is 4.40. The molecule has 0 radical (unpaired) electrons. The zero-order chi connectivity index (χ0) is 31.6. The molecule has 42 heavy (non-hydrogen) atoms. The highest BCUT2D eigenvalue weighted by Crippen LogP contribution is 2.29. The molecule has 2 rings (SSSR count). The van der Waals surface area contributed by atoms with Crippen molar-refractivity contribution in [1.29, 1.82) is 0 Å². The molecule has 1 aliphatic carbocycles. The minimum absolute atomic E-state index is 0.0501. The maximum absolute atomic E-state index is 13.6. The molecule has 0 aromatic carbocycles. The fourth-order valence-corrected chi connectivity index (χ4v) is 5.02. The van der Waals surface area contributed by atoms with Gasteiger partial charge in [-0.05, 0) is 43.8 Å². The Balaban J connectivity index is 2.61. The van der Waals surface area contributed by atoms with Crippen LogP contribution in [0.2, 0.25) is 0 Å². The molecule has 10 nitrogen and oxygen atoms in total. The van der Waals surface area contributed by atoms with E-state index >= 15 is 0 Å².